The van der Waals surface area contributed by atoms with E-state index in [9.17, 15) is 4.79 Å². The fraction of sp³-hybridized carbons (Fsp3) is 0.188. The molecule has 0 saturated carbocycles. The van der Waals surface area contributed by atoms with Crippen LogP contribution < -0.4 is 0 Å². The van der Waals surface area contributed by atoms with Gasteiger partial charge in [0.15, 0.2) is 0 Å². The zero-order chi connectivity index (χ0) is 13.4. The molecule has 2 aromatic carbocycles. The molecular weight excluding hydrogens is 302 g/mol. The summed E-state index contributed by atoms with van der Waals surface area (Å²) in [6.45, 7) is 0. The zero-order valence-electron chi connectivity index (χ0n) is 10.6. The molecular formula is C16H14BrNO. The molecule has 2 aromatic rings. The van der Waals surface area contributed by atoms with Gasteiger partial charge in [-0.25, -0.2) is 0 Å². The lowest BCUT2D eigenvalue weighted by atomic mass is 9.90. The normalized spacial score (nSPS) is 18.3. The molecule has 0 aliphatic carbocycles. The summed E-state index contributed by atoms with van der Waals surface area (Å²) in [6.07, 6.45) is 0.870. The maximum Gasteiger partial charge on any atom is 0.254 e. The van der Waals surface area contributed by atoms with Gasteiger partial charge in [-0.3, -0.25) is 4.79 Å². The third kappa shape index (κ3) is 2.19. The van der Waals surface area contributed by atoms with Gasteiger partial charge in [0.2, 0.25) is 0 Å². The van der Waals surface area contributed by atoms with Crippen LogP contribution in [0, 0.1) is 0 Å². The van der Waals surface area contributed by atoms with E-state index in [1.165, 1.54) is 5.56 Å². The molecule has 19 heavy (non-hydrogen) atoms. The molecule has 0 saturated heterocycles. The first-order chi connectivity index (χ1) is 9.16. The van der Waals surface area contributed by atoms with E-state index in [1.54, 1.807) is 0 Å². The number of nitrogens with zero attached hydrogens (tertiary/aromatic N) is 1. The predicted molar refractivity (Wildman–Crippen MR) is 79.1 cm³/mol. The molecule has 0 bridgehead atoms. The highest BCUT2D eigenvalue weighted by Gasteiger charge is 2.30. The van der Waals surface area contributed by atoms with Crippen LogP contribution in [0.2, 0.25) is 0 Å². The van der Waals surface area contributed by atoms with Crippen molar-refractivity contribution >= 4 is 21.8 Å². The van der Waals surface area contributed by atoms with Crippen LogP contribution in [0.25, 0.3) is 0 Å². The molecule has 1 aliphatic rings. The number of hydrogen-bond acceptors (Lipinski definition) is 1. The van der Waals surface area contributed by atoms with Gasteiger partial charge in [-0.05, 0) is 35.7 Å². The smallest absolute Gasteiger partial charge is 0.254 e. The van der Waals surface area contributed by atoms with Crippen LogP contribution in [0.15, 0.2) is 53.0 Å². The number of rotatable bonds is 1. The maximum absolute atomic E-state index is 12.4. The zero-order valence-corrected chi connectivity index (χ0v) is 12.2. The minimum atomic E-state index is 0.104. The summed E-state index contributed by atoms with van der Waals surface area (Å²) in [5, 5.41) is 0. The van der Waals surface area contributed by atoms with Crippen molar-refractivity contribution < 1.29 is 4.79 Å². The maximum atomic E-state index is 12.4. The van der Waals surface area contributed by atoms with Gasteiger partial charge in [0.1, 0.15) is 0 Å². The molecule has 1 amide bonds. The quantitative estimate of drug-likeness (QED) is 0.783. The number of halogens is 1. The molecule has 1 heterocycles. The Labute approximate surface area is 121 Å². The average Bonchev–Trinajstić information content (AvgIpc) is 2.43. The van der Waals surface area contributed by atoms with E-state index in [2.05, 4.69) is 28.1 Å². The van der Waals surface area contributed by atoms with Gasteiger partial charge < -0.3 is 4.90 Å². The van der Waals surface area contributed by atoms with E-state index < -0.39 is 0 Å². The third-order valence-electron chi connectivity index (χ3n) is 3.68. The van der Waals surface area contributed by atoms with Crippen molar-refractivity contribution in [3.05, 3.63) is 69.7 Å². The Balaban J connectivity index is 2.04. The van der Waals surface area contributed by atoms with E-state index >= 15 is 0 Å². The second-order valence-corrected chi connectivity index (χ2v) is 5.76. The minimum absolute atomic E-state index is 0.104. The Kier molecular flexibility index (Phi) is 3.15. The number of carbonyl (C=O) groups is 1. The number of likely N-dealkylation sites (N-methyl/N-ethyl adjacent to an activating group) is 1. The number of benzene rings is 2. The van der Waals surface area contributed by atoms with Crippen molar-refractivity contribution in [3.8, 4) is 0 Å². The summed E-state index contributed by atoms with van der Waals surface area (Å²) in [6, 6.07) is 16.2. The summed E-state index contributed by atoms with van der Waals surface area (Å²) >= 11 is 3.49. The summed E-state index contributed by atoms with van der Waals surface area (Å²) in [7, 11) is 1.88. The SMILES string of the molecule is CN1C(=O)c2ccccc2CC1c1cccc(Br)c1. The predicted octanol–water partition coefficient (Wildman–Crippen LogP) is 3.82. The number of carbonyl (C=O) groups excluding carboxylic acids is 1. The Morgan fingerprint density at radius 2 is 1.95 bits per heavy atom. The molecule has 0 aromatic heterocycles. The standard InChI is InChI=1S/C16H14BrNO/c1-18-15(12-6-4-7-13(17)9-12)10-11-5-2-3-8-14(11)16(18)19/h2-9,15H,10H2,1H3. The van der Waals surface area contributed by atoms with E-state index in [4.69, 9.17) is 0 Å². The Morgan fingerprint density at radius 1 is 1.16 bits per heavy atom. The summed E-state index contributed by atoms with van der Waals surface area (Å²) in [5.41, 5.74) is 3.13. The number of hydrogen-bond donors (Lipinski definition) is 0. The van der Waals surface area contributed by atoms with Gasteiger partial charge in [0, 0.05) is 17.1 Å². The molecule has 3 rings (SSSR count). The van der Waals surface area contributed by atoms with Crippen LogP contribution in [0.4, 0.5) is 0 Å². The van der Waals surface area contributed by atoms with Gasteiger partial charge in [0.05, 0.1) is 6.04 Å². The van der Waals surface area contributed by atoms with Crippen LogP contribution in [-0.2, 0) is 6.42 Å². The topological polar surface area (TPSA) is 20.3 Å². The first-order valence-electron chi connectivity index (χ1n) is 6.27. The molecule has 96 valence electrons. The van der Waals surface area contributed by atoms with Gasteiger partial charge in [-0.15, -0.1) is 0 Å². The van der Waals surface area contributed by atoms with Crippen molar-refractivity contribution in [1.82, 2.24) is 4.90 Å². The molecule has 1 aliphatic heterocycles. The molecule has 0 radical (unpaired) electrons. The Bertz CT molecular complexity index is 638. The minimum Gasteiger partial charge on any atom is -0.334 e. The molecule has 0 N–H and O–H groups in total. The van der Waals surface area contributed by atoms with E-state index in [0.29, 0.717) is 0 Å². The molecule has 0 fully saturated rings. The number of amides is 1. The van der Waals surface area contributed by atoms with Crippen LogP contribution in [-0.4, -0.2) is 17.9 Å². The van der Waals surface area contributed by atoms with Crippen molar-refractivity contribution in [1.29, 1.82) is 0 Å². The lowest BCUT2D eigenvalue weighted by Gasteiger charge is -2.34. The molecule has 1 atom stereocenters. The van der Waals surface area contributed by atoms with Gasteiger partial charge in [-0.2, -0.15) is 0 Å². The molecule has 3 heteroatoms. The van der Waals surface area contributed by atoms with Crippen LogP contribution in [0.3, 0.4) is 0 Å². The largest absolute Gasteiger partial charge is 0.334 e. The molecule has 0 spiro atoms. The van der Waals surface area contributed by atoms with E-state index in [0.717, 1.165) is 22.0 Å². The summed E-state index contributed by atoms with van der Waals surface area (Å²) in [4.78, 5) is 14.2. The van der Waals surface area contributed by atoms with Gasteiger partial charge >= 0.3 is 0 Å². The first-order valence-corrected chi connectivity index (χ1v) is 7.06. The fourth-order valence-electron chi connectivity index (χ4n) is 2.64. The van der Waals surface area contributed by atoms with Crippen molar-refractivity contribution in [3.63, 3.8) is 0 Å². The second kappa shape index (κ2) is 4.82. The fourth-order valence-corrected chi connectivity index (χ4v) is 3.06. The van der Waals surface area contributed by atoms with Crippen molar-refractivity contribution in [2.24, 2.45) is 0 Å². The van der Waals surface area contributed by atoms with Crippen molar-refractivity contribution in [2.45, 2.75) is 12.5 Å². The lowest BCUT2D eigenvalue weighted by molar-refractivity contribution is 0.0705. The number of fused-ring (bicyclic) bond motifs is 1. The first kappa shape index (κ1) is 12.4. The highest BCUT2D eigenvalue weighted by Crippen LogP contribution is 2.32. The second-order valence-electron chi connectivity index (χ2n) is 4.85. The molecule has 1 unspecified atom stereocenters. The van der Waals surface area contributed by atoms with Crippen LogP contribution in [0.5, 0.6) is 0 Å². The summed E-state index contributed by atoms with van der Waals surface area (Å²) < 4.78 is 1.05. The third-order valence-corrected chi connectivity index (χ3v) is 4.18. The van der Waals surface area contributed by atoms with Gasteiger partial charge in [0.25, 0.3) is 5.91 Å². The lowest BCUT2D eigenvalue weighted by Crippen LogP contribution is -2.37. The van der Waals surface area contributed by atoms with Gasteiger partial charge in [-0.1, -0.05) is 46.3 Å². The van der Waals surface area contributed by atoms with Crippen LogP contribution in [0.1, 0.15) is 27.5 Å². The molecule has 2 nitrogen and oxygen atoms in total. The highest BCUT2D eigenvalue weighted by atomic mass is 79.9. The average molecular weight is 316 g/mol. The van der Waals surface area contributed by atoms with Crippen molar-refractivity contribution in [2.75, 3.05) is 7.05 Å². The highest BCUT2D eigenvalue weighted by molar-refractivity contribution is 9.10. The Hall–Kier alpha value is -1.61. The summed E-state index contributed by atoms with van der Waals surface area (Å²) in [5.74, 6) is 0.104. The monoisotopic (exact) mass is 315 g/mol. The van der Waals surface area contributed by atoms with Crippen LogP contribution >= 0.6 is 15.9 Å². The Morgan fingerprint density at radius 3 is 2.74 bits per heavy atom. The van der Waals surface area contributed by atoms with E-state index in [1.807, 2.05) is 48.3 Å². The van der Waals surface area contributed by atoms with E-state index in [-0.39, 0.29) is 11.9 Å².